The quantitative estimate of drug-likeness (QED) is 0.211. The fourth-order valence-corrected chi connectivity index (χ4v) is 5.94. The molecule has 0 radical (unpaired) electrons. The van der Waals surface area contributed by atoms with E-state index in [0.29, 0.717) is 49.7 Å². The number of aromatic nitrogens is 4. The molecule has 8 rings (SSSR count). The number of fused-ring (bicyclic) bond motifs is 4. The Bertz CT molecular complexity index is 2350. The van der Waals surface area contributed by atoms with Crippen LogP contribution in [-0.4, -0.2) is 19.9 Å². The Hall–Kier alpha value is -5.18. The lowest BCUT2D eigenvalue weighted by molar-refractivity contribution is 0.516. The van der Waals surface area contributed by atoms with Gasteiger partial charge in [-0.25, -0.2) is 19.6 Å². The monoisotopic (exact) mass is 604 g/mol. The molecule has 10 heteroatoms. The number of rotatable bonds is 4. The van der Waals surface area contributed by atoms with Crippen molar-refractivity contribution in [2.45, 2.75) is 6.42 Å². The number of para-hydroxylation sites is 2. The molecule has 4 aromatic heterocycles. The minimum atomic E-state index is -0.495. The molecule has 0 spiro atoms. The van der Waals surface area contributed by atoms with Crippen LogP contribution in [0.2, 0.25) is 10.0 Å². The summed E-state index contributed by atoms with van der Waals surface area (Å²) in [7, 11) is 0. The highest BCUT2D eigenvalue weighted by Crippen LogP contribution is 2.38. The fraction of sp³-hybridized carbons (Fsp3) is 0.0303. The third-order valence-corrected chi connectivity index (χ3v) is 8.06. The number of hydrogen-bond donors (Lipinski definition) is 2. The lowest BCUT2D eigenvalue weighted by Gasteiger charge is -2.08. The number of benzene rings is 4. The van der Waals surface area contributed by atoms with Crippen LogP contribution in [0.3, 0.4) is 0 Å². The summed E-state index contributed by atoms with van der Waals surface area (Å²) in [5.74, 6) is 0.279. The van der Waals surface area contributed by atoms with Gasteiger partial charge >= 0.3 is 11.3 Å². The normalized spacial score (nSPS) is 11.8. The summed E-state index contributed by atoms with van der Waals surface area (Å²) >= 11 is 12.9. The Morgan fingerprint density at radius 3 is 1.49 bits per heavy atom. The molecule has 43 heavy (non-hydrogen) atoms. The standard InChI is InChI=1S/C33H18Cl2N4O4/c34-16-9-11-26-20(13-16)22(28(36-26)30-38-24-7-3-1-5-18(24)32(40)42-30)15-23-21-14-17(35)10-12-27(21)37-29(23)31-39-25-8-4-2-6-19(25)33(41)43-31/h1-14,36-37H,15H2. The van der Waals surface area contributed by atoms with Crippen LogP contribution in [0.25, 0.3) is 66.8 Å². The molecule has 0 aliphatic carbocycles. The van der Waals surface area contributed by atoms with Gasteiger partial charge in [-0.2, -0.15) is 0 Å². The van der Waals surface area contributed by atoms with E-state index in [4.69, 9.17) is 32.0 Å². The first-order valence-electron chi connectivity index (χ1n) is 13.3. The van der Waals surface area contributed by atoms with Crippen molar-refractivity contribution in [1.29, 1.82) is 0 Å². The molecule has 4 heterocycles. The number of hydrogen-bond acceptors (Lipinski definition) is 6. The van der Waals surface area contributed by atoms with Crippen LogP contribution in [0, 0.1) is 0 Å². The summed E-state index contributed by atoms with van der Waals surface area (Å²) < 4.78 is 11.5. The SMILES string of the molecule is O=c1oc(-c2[nH]c3ccc(Cl)cc3c2Cc2c(-c3nc4ccccc4c(=O)o3)[nH]c3ccc(Cl)cc23)nc2ccccc12. The predicted octanol–water partition coefficient (Wildman–Crippen LogP) is 7.88. The first kappa shape index (κ1) is 25.5. The zero-order valence-electron chi connectivity index (χ0n) is 22.1. The summed E-state index contributed by atoms with van der Waals surface area (Å²) in [6.45, 7) is 0. The highest BCUT2D eigenvalue weighted by molar-refractivity contribution is 6.31. The lowest BCUT2D eigenvalue weighted by atomic mass is 9.98. The van der Waals surface area contributed by atoms with Crippen molar-refractivity contribution >= 4 is 66.8 Å². The van der Waals surface area contributed by atoms with Crippen LogP contribution in [-0.2, 0) is 6.42 Å². The van der Waals surface area contributed by atoms with Gasteiger partial charge in [-0.05, 0) is 71.8 Å². The van der Waals surface area contributed by atoms with Crippen LogP contribution >= 0.6 is 23.2 Å². The van der Waals surface area contributed by atoms with Crippen molar-refractivity contribution in [3.05, 3.63) is 127 Å². The minimum Gasteiger partial charge on any atom is -0.401 e. The van der Waals surface area contributed by atoms with E-state index in [1.165, 1.54) is 0 Å². The van der Waals surface area contributed by atoms with Gasteiger partial charge in [0.25, 0.3) is 0 Å². The van der Waals surface area contributed by atoms with Gasteiger partial charge in [-0.1, -0.05) is 47.5 Å². The van der Waals surface area contributed by atoms with Gasteiger partial charge in [-0.3, -0.25) is 0 Å². The maximum absolute atomic E-state index is 12.9. The molecule has 8 nitrogen and oxygen atoms in total. The largest absolute Gasteiger partial charge is 0.401 e. The molecule has 0 fully saturated rings. The number of nitrogens with zero attached hydrogens (tertiary/aromatic N) is 2. The molecular formula is C33H18Cl2N4O4. The number of nitrogens with one attached hydrogen (secondary N) is 2. The molecule has 4 aromatic carbocycles. The Labute approximate surface area is 251 Å². The lowest BCUT2D eigenvalue weighted by Crippen LogP contribution is -2.05. The molecule has 0 unspecified atom stereocenters. The minimum absolute atomic E-state index is 0.140. The van der Waals surface area contributed by atoms with Crippen molar-refractivity contribution in [3.8, 4) is 23.2 Å². The van der Waals surface area contributed by atoms with Crippen molar-refractivity contribution in [3.63, 3.8) is 0 Å². The summed E-state index contributed by atoms with van der Waals surface area (Å²) in [5.41, 5.74) is 4.18. The average Bonchev–Trinajstić information content (AvgIpc) is 3.55. The van der Waals surface area contributed by atoms with Gasteiger partial charge < -0.3 is 18.8 Å². The molecule has 0 saturated heterocycles. The van der Waals surface area contributed by atoms with Crippen molar-refractivity contribution in [2.75, 3.05) is 0 Å². The van der Waals surface area contributed by atoms with Gasteiger partial charge in [0.2, 0.25) is 11.8 Å². The number of aromatic amines is 2. The van der Waals surface area contributed by atoms with Crippen molar-refractivity contribution in [1.82, 2.24) is 19.9 Å². The Balaban J connectivity index is 1.40. The molecule has 2 N–H and O–H groups in total. The van der Waals surface area contributed by atoms with E-state index in [2.05, 4.69) is 19.9 Å². The number of H-pyrrole nitrogens is 2. The second-order valence-corrected chi connectivity index (χ2v) is 11.0. The second-order valence-electron chi connectivity index (χ2n) is 10.2. The van der Waals surface area contributed by atoms with Crippen LogP contribution < -0.4 is 11.3 Å². The van der Waals surface area contributed by atoms with Crippen LogP contribution in [0.4, 0.5) is 0 Å². The molecule has 0 saturated carbocycles. The van der Waals surface area contributed by atoms with Gasteiger partial charge in [0.1, 0.15) is 11.4 Å². The Kier molecular flexibility index (Phi) is 5.75. The molecule has 0 amide bonds. The van der Waals surface area contributed by atoms with Gasteiger partial charge in [-0.15, -0.1) is 0 Å². The van der Waals surface area contributed by atoms with E-state index in [0.717, 1.165) is 32.9 Å². The maximum Gasteiger partial charge on any atom is 0.347 e. The summed E-state index contributed by atoms with van der Waals surface area (Å²) in [5, 5.41) is 3.48. The molecule has 0 aliphatic rings. The zero-order valence-corrected chi connectivity index (χ0v) is 23.6. The first-order valence-corrected chi connectivity index (χ1v) is 14.1. The average molecular weight is 605 g/mol. The molecule has 208 valence electrons. The van der Waals surface area contributed by atoms with E-state index in [9.17, 15) is 9.59 Å². The van der Waals surface area contributed by atoms with Crippen molar-refractivity contribution in [2.24, 2.45) is 0 Å². The van der Waals surface area contributed by atoms with E-state index < -0.39 is 11.3 Å². The third-order valence-electron chi connectivity index (χ3n) is 7.59. The van der Waals surface area contributed by atoms with Crippen molar-refractivity contribution < 1.29 is 8.83 Å². The third kappa shape index (κ3) is 4.22. The Morgan fingerprint density at radius 1 is 0.581 bits per heavy atom. The predicted molar refractivity (Wildman–Crippen MR) is 168 cm³/mol. The first-order chi connectivity index (χ1) is 20.9. The van der Waals surface area contributed by atoms with E-state index in [1.54, 1.807) is 48.5 Å². The highest BCUT2D eigenvalue weighted by Gasteiger charge is 2.24. The molecule has 8 aromatic rings. The molecule has 0 atom stereocenters. The highest BCUT2D eigenvalue weighted by atomic mass is 35.5. The second kappa shape index (κ2) is 9.69. The maximum atomic E-state index is 12.9. The topological polar surface area (TPSA) is 118 Å². The number of halogens is 2. The summed E-state index contributed by atoms with van der Waals surface area (Å²) in [6, 6.07) is 25.0. The fourth-order valence-electron chi connectivity index (χ4n) is 5.60. The van der Waals surface area contributed by atoms with Gasteiger partial charge in [0.05, 0.1) is 21.8 Å². The van der Waals surface area contributed by atoms with E-state index in [-0.39, 0.29) is 11.8 Å². The van der Waals surface area contributed by atoms with Crippen LogP contribution in [0.5, 0.6) is 0 Å². The Morgan fingerprint density at radius 2 is 1.02 bits per heavy atom. The molecule has 0 aliphatic heterocycles. The van der Waals surface area contributed by atoms with Gasteiger partial charge in [0.15, 0.2) is 0 Å². The van der Waals surface area contributed by atoms with E-state index in [1.807, 2.05) is 36.4 Å². The zero-order chi connectivity index (χ0) is 29.2. The van der Waals surface area contributed by atoms with E-state index >= 15 is 0 Å². The van der Waals surface area contributed by atoms with Crippen LogP contribution in [0.1, 0.15) is 11.1 Å². The van der Waals surface area contributed by atoms with Crippen LogP contribution in [0.15, 0.2) is 103 Å². The van der Waals surface area contributed by atoms with Gasteiger partial charge in [0, 0.05) is 38.3 Å². The molecular weight excluding hydrogens is 587 g/mol. The smallest absolute Gasteiger partial charge is 0.347 e. The molecule has 0 bridgehead atoms. The summed E-state index contributed by atoms with van der Waals surface area (Å²) in [4.78, 5) is 42.0. The summed E-state index contributed by atoms with van der Waals surface area (Å²) in [6.07, 6.45) is 0.293.